The number of fused-ring (bicyclic) bond motifs is 1. The Balaban J connectivity index is 2.19. The highest BCUT2D eigenvalue weighted by atomic mass is 16.5. The molecule has 0 aliphatic heterocycles. The van der Waals surface area contributed by atoms with Crippen LogP contribution < -0.4 is 4.74 Å². The summed E-state index contributed by atoms with van der Waals surface area (Å²) >= 11 is 0. The fourth-order valence-electron chi connectivity index (χ4n) is 2.39. The zero-order chi connectivity index (χ0) is 13.8. The molecule has 0 heterocycles. The average Bonchev–Trinajstić information content (AvgIpc) is 2.53. The molecule has 0 aromatic heterocycles. The molecule has 2 heteroatoms. The van der Waals surface area contributed by atoms with Crippen molar-refractivity contribution in [2.24, 2.45) is 0 Å². The molecular formula is C18H14O2. The fraction of sp³-hybridized carbons (Fsp3) is 0.0556. The Labute approximate surface area is 117 Å². The third-order valence-electron chi connectivity index (χ3n) is 3.28. The van der Waals surface area contributed by atoms with Crippen molar-refractivity contribution in [3.05, 3.63) is 66.7 Å². The van der Waals surface area contributed by atoms with E-state index in [-0.39, 0.29) is 6.61 Å². The molecule has 0 unspecified atom stereocenters. The fourth-order valence-corrected chi connectivity index (χ4v) is 2.39. The van der Waals surface area contributed by atoms with Gasteiger partial charge in [-0.25, -0.2) is 0 Å². The maximum absolute atomic E-state index is 10.5. The third-order valence-corrected chi connectivity index (χ3v) is 3.28. The van der Waals surface area contributed by atoms with E-state index >= 15 is 0 Å². The van der Waals surface area contributed by atoms with Crippen LogP contribution in [0.15, 0.2) is 66.7 Å². The van der Waals surface area contributed by atoms with Crippen LogP contribution in [0.4, 0.5) is 0 Å². The van der Waals surface area contributed by atoms with Gasteiger partial charge in [0.15, 0.2) is 6.29 Å². The SMILES string of the molecule is O=CCOc1ccc(-c2ccccc2)c2ccccc12. The number of carbonyl (C=O) groups is 1. The Morgan fingerprint density at radius 1 is 0.800 bits per heavy atom. The Morgan fingerprint density at radius 3 is 2.25 bits per heavy atom. The van der Waals surface area contributed by atoms with E-state index in [2.05, 4.69) is 18.2 Å². The van der Waals surface area contributed by atoms with Crippen LogP contribution in [0, 0.1) is 0 Å². The first kappa shape index (κ1) is 12.4. The van der Waals surface area contributed by atoms with E-state index in [4.69, 9.17) is 4.74 Å². The van der Waals surface area contributed by atoms with Gasteiger partial charge < -0.3 is 4.74 Å². The number of ether oxygens (including phenoxy) is 1. The van der Waals surface area contributed by atoms with Crippen LogP contribution in [0.1, 0.15) is 0 Å². The number of carbonyl (C=O) groups excluding carboxylic acids is 1. The molecular weight excluding hydrogens is 248 g/mol. The molecule has 0 bridgehead atoms. The van der Waals surface area contributed by atoms with Gasteiger partial charge in [-0.05, 0) is 22.6 Å². The molecule has 3 aromatic rings. The maximum atomic E-state index is 10.5. The first-order chi connectivity index (χ1) is 9.90. The minimum atomic E-state index is 0.0781. The lowest BCUT2D eigenvalue weighted by Crippen LogP contribution is -1.98. The first-order valence-electron chi connectivity index (χ1n) is 6.54. The van der Waals surface area contributed by atoms with Crippen molar-refractivity contribution in [3.63, 3.8) is 0 Å². The number of rotatable bonds is 4. The van der Waals surface area contributed by atoms with Crippen molar-refractivity contribution in [2.45, 2.75) is 0 Å². The molecule has 20 heavy (non-hydrogen) atoms. The van der Waals surface area contributed by atoms with Gasteiger partial charge in [-0.15, -0.1) is 0 Å². The molecule has 98 valence electrons. The molecule has 0 amide bonds. The molecule has 0 saturated heterocycles. The summed E-state index contributed by atoms with van der Waals surface area (Å²) in [7, 11) is 0. The minimum absolute atomic E-state index is 0.0781. The van der Waals surface area contributed by atoms with Crippen molar-refractivity contribution in [3.8, 4) is 16.9 Å². The quantitative estimate of drug-likeness (QED) is 0.662. The van der Waals surface area contributed by atoms with Crippen molar-refractivity contribution >= 4 is 17.1 Å². The number of hydrogen-bond donors (Lipinski definition) is 0. The van der Waals surface area contributed by atoms with Crippen molar-refractivity contribution < 1.29 is 9.53 Å². The second kappa shape index (κ2) is 5.57. The molecule has 0 N–H and O–H groups in total. The van der Waals surface area contributed by atoms with E-state index in [0.717, 1.165) is 22.8 Å². The predicted molar refractivity (Wildman–Crippen MR) is 80.9 cm³/mol. The Morgan fingerprint density at radius 2 is 1.50 bits per heavy atom. The van der Waals surface area contributed by atoms with Gasteiger partial charge in [-0.2, -0.15) is 0 Å². The van der Waals surface area contributed by atoms with E-state index < -0.39 is 0 Å². The topological polar surface area (TPSA) is 26.3 Å². The van der Waals surface area contributed by atoms with Crippen LogP contribution in [0.5, 0.6) is 5.75 Å². The lowest BCUT2D eigenvalue weighted by Gasteiger charge is -2.11. The molecule has 3 rings (SSSR count). The van der Waals surface area contributed by atoms with Gasteiger partial charge in [-0.1, -0.05) is 60.7 Å². The normalized spacial score (nSPS) is 10.4. The molecule has 3 aromatic carbocycles. The van der Waals surface area contributed by atoms with E-state index in [9.17, 15) is 4.79 Å². The van der Waals surface area contributed by atoms with Crippen molar-refractivity contribution in [1.29, 1.82) is 0 Å². The standard InChI is InChI=1S/C18H14O2/c19-12-13-20-18-11-10-15(14-6-2-1-3-7-14)16-8-4-5-9-17(16)18/h1-12H,13H2. The van der Waals surface area contributed by atoms with Gasteiger partial charge in [0.05, 0.1) is 0 Å². The van der Waals surface area contributed by atoms with Gasteiger partial charge in [0, 0.05) is 5.39 Å². The van der Waals surface area contributed by atoms with Gasteiger partial charge in [0.2, 0.25) is 0 Å². The minimum Gasteiger partial charge on any atom is -0.486 e. The maximum Gasteiger partial charge on any atom is 0.157 e. The second-order valence-electron chi connectivity index (χ2n) is 4.50. The summed E-state index contributed by atoms with van der Waals surface area (Å²) in [4.78, 5) is 10.5. The highest BCUT2D eigenvalue weighted by Gasteiger charge is 2.07. The average molecular weight is 262 g/mol. The third kappa shape index (κ3) is 2.28. The van der Waals surface area contributed by atoms with E-state index in [0.29, 0.717) is 0 Å². The van der Waals surface area contributed by atoms with E-state index in [1.165, 1.54) is 11.1 Å². The number of hydrogen-bond acceptors (Lipinski definition) is 2. The zero-order valence-corrected chi connectivity index (χ0v) is 11.0. The number of benzene rings is 3. The van der Waals surface area contributed by atoms with Crippen molar-refractivity contribution in [1.82, 2.24) is 0 Å². The molecule has 0 radical (unpaired) electrons. The summed E-state index contributed by atoms with van der Waals surface area (Å²) in [5, 5.41) is 2.15. The van der Waals surface area contributed by atoms with Gasteiger partial charge >= 0.3 is 0 Å². The van der Waals surface area contributed by atoms with Crippen LogP contribution in [0.25, 0.3) is 21.9 Å². The summed E-state index contributed by atoms with van der Waals surface area (Å²) in [6, 6.07) is 22.3. The molecule has 0 fully saturated rings. The molecule has 0 aliphatic rings. The summed E-state index contributed by atoms with van der Waals surface area (Å²) < 4.78 is 5.49. The smallest absolute Gasteiger partial charge is 0.157 e. The molecule has 0 atom stereocenters. The Bertz CT molecular complexity index is 733. The van der Waals surface area contributed by atoms with Crippen LogP contribution in [0.3, 0.4) is 0 Å². The van der Waals surface area contributed by atoms with E-state index in [1.807, 2.05) is 48.5 Å². The Kier molecular flexibility index (Phi) is 3.46. The highest BCUT2D eigenvalue weighted by Crippen LogP contribution is 2.34. The molecule has 0 saturated carbocycles. The summed E-state index contributed by atoms with van der Waals surface area (Å²) in [5.74, 6) is 0.743. The summed E-state index contributed by atoms with van der Waals surface area (Å²) in [6.07, 6.45) is 0.764. The zero-order valence-electron chi connectivity index (χ0n) is 11.0. The first-order valence-corrected chi connectivity index (χ1v) is 6.54. The van der Waals surface area contributed by atoms with Crippen LogP contribution >= 0.6 is 0 Å². The number of aldehydes is 1. The molecule has 0 spiro atoms. The van der Waals surface area contributed by atoms with Gasteiger partial charge in [0.25, 0.3) is 0 Å². The van der Waals surface area contributed by atoms with Crippen molar-refractivity contribution in [2.75, 3.05) is 6.61 Å². The van der Waals surface area contributed by atoms with Crippen LogP contribution in [0.2, 0.25) is 0 Å². The summed E-state index contributed by atoms with van der Waals surface area (Å²) in [6.45, 7) is 0.0781. The van der Waals surface area contributed by atoms with Gasteiger partial charge in [-0.3, -0.25) is 4.79 Å². The lowest BCUT2D eigenvalue weighted by molar-refractivity contribution is -0.109. The van der Waals surface area contributed by atoms with Crippen LogP contribution in [-0.4, -0.2) is 12.9 Å². The van der Waals surface area contributed by atoms with Gasteiger partial charge in [0.1, 0.15) is 12.4 Å². The van der Waals surface area contributed by atoms with Crippen LogP contribution in [-0.2, 0) is 4.79 Å². The molecule has 0 aliphatic carbocycles. The van der Waals surface area contributed by atoms with E-state index in [1.54, 1.807) is 0 Å². The monoisotopic (exact) mass is 262 g/mol. The molecule has 2 nitrogen and oxygen atoms in total. The highest BCUT2D eigenvalue weighted by molar-refractivity contribution is 6.00. The Hall–Kier alpha value is -2.61. The lowest BCUT2D eigenvalue weighted by atomic mass is 9.98. The predicted octanol–water partition coefficient (Wildman–Crippen LogP) is 4.08. The largest absolute Gasteiger partial charge is 0.486 e. The summed E-state index contributed by atoms with van der Waals surface area (Å²) in [5.41, 5.74) is 2.34. The second-order valence-corrected chi connectivity index (χ2v) is 4.50.